The lowest BCUT2D eigenvalue weighted by Crippen LogP contribution is -2.46. The molecule has 1 aromatic rings. The Labute approximate surface area is 149 Å². The predicted molar refractivity (Wildman–Crippen MR) is 93.7 cm³/mol. The Bertz CT molecular complexity index is 804. The quantitative estimate of drug-likeness (QED) is 0.422. The number of rotatable bonds is 5. The second-order valence-electron chi connectivity index (χ2n) is 6.02. The van der Waals surface area contributed by atoms with Crippen LogP contribution in [0.4, 0.5) is 4.79 Å². The van der Waals surface area contributed by atoms with Crippen LogP contribution in [-0.4, -0.2) is 60.4 Å². The average molecular weight is 388 g/mol. The lowest BCUT2D eigenvalue weighted by atomic mass is 10.1. The van der Waals surface area contributed by atoms with Crippen molar-refractivity contribution in [3.63, 3.8) is 0 Å². The van der Waals surface area contributed by atoms with Gasteiger partial charge in [-0.25, -0.2) is 13.2 Å². The minimum Gasteiger partial charge on any atom is -0.465 e. The first-order valence-electron chi connectivity index (χ1n) is 7.42. The zero-order valence-electron chi connectivity index (χ0n) is 13.7. The van der Waals surface area contributed by atoms with Gasteiger partial charge in [0.15, 0.2) is 9.84 Å². The number of nitrogens with two attached hydrogens (primary N) is 1. The smallest absolute Gasteiger partial charge is 0.408 e. The SMILES string of the molecule is CC(NC(=O)[C@@H]1C[C@@H](S(C)(=O)=O)CN1C(=O)O)c1cc(C(=N)N)cs1. The lowest BCUT2D eigenvalue weighted by molar-refractivity contribution is -0.125. The molecule has 138 valence electrons. The second kappa shape index (κ2) is 7.00. The molecule has 1 aliphatic rings. The second-order valence-corrected chi connectivity index (χ2v) is 9.29. The van der Waals surface area contributed by atoms with Crippen LogP contribution >= 0.6 is 11.3 Å². The van der Waals surface area contributed by atoms with Crippen molar-refractivity contribution >= 4 is 39.0 Å². The normalized spacial score (nSPS) is 21.8. The third-order valence-corrected chi connectivity index (χ3v) is 6.80. The molecule has 0 radical (unpaired) electrons. The number of hydrogen-bond acceptors (Lipinski definition) is 6. The van der Waals surface area contributed by atoms with Gasteiger partial charge in [0.1, 0.15) is 11.9 Å². The summed E-state index contributed by atoms with van der Waals surface area (Å²) in [6.45, 7) is 1.51. The summed E-state index contributed by atoms with van der Waals surface area (Å²) in [7, 11) is -3.44. The molecule has 1 fully saturated rings. The van der Waals surface area contributed by atoms with E-state index in [1.54, 1.807) is 18.4 Å². The molecule has 2 amide bonds. The van der Waals surface area contributed by atoms with Crippen LogP contribution in [0.5, 0.6) is 0 Å². The molecule has 11 heteroatoms. The van der Waals surface area contributed by atoms with Crippen LogP contribution < -0.4 is 11.1 Å². The molecule has 1 aromatic heterocycles. The van der Waals surface area contributed by atoms with E-state index in [4.69, 9.17) is 11.1 Å². The third-order valence-electron chi connectivity index (χ3n) is 4.13. The number of carbonyl (C=O) groups is 2. The monoisotopic (exact) mass is 388 g/mol. The van der Waals surface area contributed by atoms with Gasteiger partial charge < -0.3 is 16.2 Å². The fourth-order valence-corrected chi connectivity index (χ4v) is 4.55. The van der Waals surface area contributed by atoms with Gasteiger partial charge in [-0.2, -0.15) is 0 Å². The summed E-state index contributed by atoms with van der Waals surface area (Å²) >= 11 is 1.32. The van der Waals surface area contributed by atoms with Crippen LogP contribution in [0.2, 0.25) is 0 Å². The molecule has 5 N–H and O–H groups in total. The van der Waals surface area contributed by atoms with Crippen molar-refractivity contribution in [2.45, 2.75) is 30.7 Å². The third kappa shape index (κ3) is 4.28. The summed E-state index contributed by atoms with van der Waals surface area (Å²) in [6.07, 6.45) is -0.350. The predicted octanol–water partition coefficient (Wildman–Crippen LogP) is 0.375. The van der Waals surface area contributed by atoms with E-state index in [2.05, 4.69) is 5.32 Å². The van der Waals surface area contributed by atoms with Crippen LogP contribution in [0.15, 0.2) is 11.4 Å². The Kier molecular flexibility index (Phi) is 5.37. The van der Waals surface area contributed by atoms with E-state index in [0.717, 1.165) is 16.0 Å². The maximum Gasteiger partial charge on any atom is 0.408 e. The number of sulfone groups is 1. The Morgan fingerprint density at radius 2 is 2.16 bits per heavy atom. The van der Waals surface area contributed by atoms with Crippen molar-refractivity contribution in [3.8, 4) is 0 Å². The van der Waals surface area contributed by atoms with Gasteiger partial charge in [0, 0.05) is 28.6 Å². The summed E-state index contributed by atoms with van der Waals surface area (Å²) < 4.78 is 23.4. The van der Waals surface area contributed by atoms with E-state index in [0.29, 0.717) is 5.56 Å². The number of likely N-dealkylation sites (tertiary alicyclic amines) is 1. The Balaban J connectivity index is 2.12. The van der Waals surface area contributed by atoms with Crippen molar-refractivity contribution < 1.29 is 23.1 Å². The minimum absolute atomic E-state index is 0.0627. The van der Waals surface area contributed by atoms with E-state index in [9.17, 15) is 23.1 Å². The van der Waals surface area contributed by atoms with Crippen molar-refractivity contribution in [3.05, 3.63) is 21.9 Å². The van der Waals surface area contributed by atoms with Gasteiger partial charge in [0.25, 0.3) is 0 Å². The molecular formula is C14H20N4O5S2. The highest BCUT2D eigenvalue weighted by atomic mass is 32.2. The average Bonchev–Trinajstić information content (AvgIpc) is 3.14. The lowest BCUT2D eigenvalue weighted by Gasteiger charge is -2.22. The molecule has 0 aromatic carbocycles. The summed E-state index contributed by atoms with van der Waals surface area (Å²) in [5.74, 6) is -0.622. The van der Waals surface area contributed by atoms with Crippen LogP contribution in [0.1, 0.15) is 29.8 Å². The molecule has 3 atom stereocenters. The van der Waals surface area contributed by atoms with Gasteiger partial charge in [-0.05, 0) is 19.4 Å². The van der Waals surface area contributed by atoms with Crippen LogP contribution in [0.25, 0.3) is 0 Å². The number of thiophene rings is 1. The molecule has 1 unspecified atom stereocenters. The van der Waals surface area contributed by atoms with E-state index < -0.39 is 39.2 Å². The zero-order valence-corrected chi connectivity index (χ0v) is 15.4. The highest BCUT2D eigenvalue weighted by Gasteiger charge is 2.43. The van der Waals surface area contributed by atoms with Crippen molar-refractivity contribution in [1.82, 2.24) is 10.2 Å². The van der Waals surface area contributed by atoms with Crippen LogP contribution in [0, 0.1) is 5.41 Å². The van der Waals surface area contributed by atoms with Crippen LogP contribution in [-0.2, 0) is 14.6 Å². The topological polar surface area (TPSA) is 154 Å². The number of amides is 2. The van der Waals surface area contributed by atoms with Crippen molar-refractivity contribution in [2.24, 2.45) is 5.73 Å². The number of hydrogen-bond donors (Lipinski definition) is 4. The van der Waals surface area contributed by atoms with Gasteiger partial charge in [-0.3, -0.25) is 15.1 Å². The maximum absolute atomic E-state index is 12.5. The number of carbonyl (C=O) groups excluding carboxylic acids is 1. The van der Waals surface area contributed by atoms with Gasteiger partial charge in [0.05, 0.1) is 11.3 Å². The molecule has 0 spiro atoms. The van der Waals surface area contributed by atoms with E-state index in [1.165, 1.54) is 11.3 Å². The molecule has 0 bridgehead atoms. The molecule has 0 aliphatic carbocycles. The summed E-state index contributed by atoms with van der Waals surface area (Å²) in [4.78, 5) is 25.4. The molecule has 1 aliphatic heterocycles. The standard InChI is InChI=1S/C14H20N4O5S2/c1-7(11-3-8(6-24-11)12(15)16)17-13(19)10-4-9(25(2,22)23)5-18(10)14(20)21/h3,6-7,9-10H,4-5H2,1-2H3,(H3,15,16)(H,17,19)(H,20,21)/t7?,9-,10+/m1/s1. The molecule has 2 rings (SSSR count). The highest BCUT2D eigenvalue weighted by molar-refractivity contribution is 7.91. The maximum atomic E-state index is 12.5. The zero-order chi connectivity index (χ0) is 18.9. The number of amidine groups is 1. The molecule has 2 heterocycles. The van der Waals surface area contributed by atoms with E-state index >= 15 is 0 Å². The number of nitrogens with zero attached hydrogens (tertiary/aromatic N) is 1. The van der Waals surface area contributed by atoms with Gasteiger partial charge in [0.2, 0.25) is 5.91 Å². The molecular weight excluding hydrogens is 368 g/mol. The van der Waals surface area contributed by atoms with E-state index in [-0.39, 0.29) is 18.8 Å². The number of carboxylic acid groups (broad SMARTS) is 1. The first-order valence-corrected chi connectivity index (χ1v) is 10.3. The molecule has 25 heavy (non-hydrogen) atoms. The number of nitrogens with one attached hydrogen (secondary N) is 2. The fourth-order valence-electron chi connectivity index (χ4n) is 2.67. The Morgan fingerprint density at radius 1 is 1.52 bits per heavy atom. The molecule has 0 saturated carbocycles. The van der Waals surface area contributed by atoms with Gasteiger partial charge in [-0.15, -0.1) is 11.3 Å². The molecule has 1 saturated heterocycles. The summed E-state index contributed by atoms with van der Waals surface area (Å²) in [6, 6.07) is 0.214. The van der Waals surface area contributed by atoms with Crippen molar-refractivity contribution in [1.29, 1.82) is 5.41 Å². The first kappa shape index (κ1) is 19.2. The van der Waals surface area contributed by atoms with Gasteiger partial charge in [-0.1, -0.05) is 0 Å². The minimum atomic E-state index is -3.44. The Morgan fingerprint density at radius 3 is 2.64 bits per heavy atom. The largest absolute Gasteiger partial charge is 0.465 e. The first-order chi connectivity index (χ1) is 11.5. The highest BCUT2D eigenvalue weighted by Crippen LogP contribution is 2.26. The fraction of sp³-hybridized carbons (Fsp3) is 0.500. The van der Waals surface area contributed by atoms with E-state index in [1.807, 2.05) is 0 Å². The summed E-state index contributed by atoms with van der Waals surface area (Å²) in [5.41, 5.74) is 5.96. The molecule has 9 nitrogen and oxygen atoms in total. The Hall–Kier alpha value is -2.14. The van der Waals surface area contributed by atoms with Crippen LogP contribution in [0.3, 0.4) is 0 Å². The summed E-state index contributed by atoms with van der Waals surface area (Å²) in [5, 5.41) is 20.2. The number of nitrogen functional groups attached to an aromatic ring is 1. The van der Waals surface area contributed by atoms with Crippen molar-refractivity contribution in [2.75, 3.05) is 12.8 Å². The van der Waals surface area contributed by atoms with Gasteiger partial charge >= 0.3 is 6.09 Å².